The van der Waals surface area contributed by atoms with E-state index in [4.69, 9.17) is 18.1 Å². The molecule has 0 aromatic carbocycles. The minimum absolute atomic E-state index is 0.355. The van der Waals surface area contributed by atoms with Crippen LogP contribution in [-0.4, -0.2) is 10.1 Å². The van der Waals surface area contributed by atoms with E-state index in [0.29, 0.717) is 10.9 Å². The summed E-state index contributed by atoms with van der Waals surface area (Å²) >= 11 is 4.79. The Morgan fingerprint density at radius 1 is 1.58 bits per heavy atom. The van der Waals surface area contributed by atoms with Gasteiger partial charge in [-0.1, -0.05) is 6.07 Å². The zero-order chi connectivity index (χ0) is 8.97. The Bertz CT molecular complexity index is 286. The van der Waals surface area contributed by atoms with Gasteiger partial charge in [0.15, 0.2) is 5.11 Å². The zero-order valence-corrected chi connectivity index (χ0v) is 7.48. The van der Waals surface area contributed by atoms with Gasteiger partial charge >= 0.3 is 0 Å². The lowest BCUT2D eigenvalue weighted by atomic mass is 10.4. The van der Waals surface area contributed by atoms with E-state index in [-0.39, 0.29) is 0 Å². The predicted molar refractivity (Wildman–Crippen MR) is 52.5 cm³/mol. The molecule has 4 nitrogen and oxygen atoms in total. The molecule has 0 aliphatic carbocycles. The van der Waals surface area contributed by atoms with Gasteiger partial charge in [0.05, 0.1) is 0 Å². The summed E-state index contributed by atoms with van der Waals surface area (Å²) in [6.45, 7) is 1.91. The summed E-state index contributed by atoms with van der Waals surface area (Å²) in [7, 11) is 0. The van der Waals surface area contributed by atoms with Crippen molar-refractivity contribution in [3.8, 4) is 0 Å². The minimum Gasteiger partial charge on any atom is -0.316 e. The Morgan fingerprint density at radius 3 is 2.92 bits per heavy atom. The van der Waals surface area contributed by atoms with Gasteiger partial charge in [-0.3, -0.25) is 0 Å². The molecule has 1 rings (SSSR count). The third-order valence-corrected chi connectivity index (χ3v) is 1.48. The zero-order valence-electron chi connectivity index (χ0n) is 6.66. The molecule has 0 aliphatic heterocycles. The molecule has 0 fully saturated rings. The highest BCUT2D eigenvalue weighted by Crippen LogP contribution is 2.02. The smallest absolute Gasteiger partial charge is 0.186 e. The highest BCUT2D eigenvalue weighted by Gasteiger charge is 1.95. The SMILES string of the molecule is Cc1cccc(NC(=S)NN)n1. The number of rotatable bonds is 1. The van der Waals surface area contributed by atoms with Crippen LogP contribution in [0.2, 0.25) is 0 Å². The van der Waals surface area contributed by atoms with Gasteiger partial charge in [-0.05, 0) is 31.3 Å². The number of nitrogens with zero attached hydrogens (tertiary/aromatic N) is 1. The fraction of sp³-hybridized carbons (Fsp3) is 0.143. The van der Waals surface area contributed by atoms with E-state index in [1.807, 2.05) is 25.1 Å². The van der Waals surface area contributed by atoms with E-state index < -0.39 is 0 Å². The van der Waals surface area contributed by atoms with Crippen molar-refractivity contribution >= 4 is 23.1 Å². The molecule has 4 N–H and O–H groups in total. The molecule has 0 spiro atoms. The van der Waals surface area contributed by atoms with Crippen molar-refractivity contribution in [3.63, 3.8) is 0 Å². The molecular formula is C7H10N4S. The van der Waals surface area contributed by atoms with Gasteiger partial charge in [0.1, 0.15) is 5.82 Å². The third kappa shape index (κ3) is 2.44. The minimum atomic E-state index is 0.355. The molecular weight excluding hydrogens is 172 g/mol. The number of hydrogen-bond acceptors (Lipinski definition) is 3. The van der Waals surface area contributed by atoms with Crippen LogP contribution in [0.3, 0.4) is 0 Å². The number of pyridine rings is 1. The molecule has 0 radical (unpaired) electrons. The van der Waals surface area contributed by atoms with E-state index in [0.717, 1.165) is 5.69 Å². The maximum Gasteiger partial charge on any atom is 0.186 e. The Labute approximate surface area is 76.1 Å². The average Bonchev–Trinajstić information content (AvgIpc) is 2.04. The molecule has 12 heavy (non-hydrogen) atoms. The number of hydrogen-bond donors (Lipinski definition) is 3. The summed E-state index contributed by atoms with van der Waals surface area (Å²) in [5.41, 5.74) is 3.24. The van der Waals surface area contributed by atoms with Gasteiger partial charge in [-0.15, -0.1) is 0 Å². The molecule has 0 atom stereocenters. The second-order valence-electron chi connectivity index (χ2n) is 2.26. The van der Waals surface area contributed by atoms with Gasteiger partial charge in [-0.2, -0.15) is 0 Å². The molecule has 0 amide bonds. The third-order valence-electron chi connectivity index (χ3n) is 1.26. The quantitative estimate of drug-likeness (QED) is 0.336. The fourth-order valence-corrected chi connectivity index (χ4v) is 0.870. The van der Waals surface area contributed by atoms with Crippen molar-refractivity contribution < 1.29 is 0 Å². The molecule has 0 saturated heterocycles. The van der Waals surface area contributed by atoms with Crippen molar-refractivity contribution in [3.05, 3.63) is 23.9 Å². The summed E-state index contributed by atoms with van der Waals surface area (Å²) in [5, 5.41) is 3.17. The lowest BCUT2D eigenvalue weighted by molar-refractivity contribution is 1.04. The maximum absolute atomic E-state index is 5.08. The first kappa shape index (κ1) is 8.89. The summed E-state index contributed by atoms with van der Waals surface area (Å²) < 4.78 is 0. The second-order valence-corrected chi connectivity index (χ2v) is 2.67. The number of hydrazine groups is 1. The van der Waals surface area contributed by atoms with Crippen molar-refractivity contribution in [2.75, 3.05) is 5.32 Å². The van der Waals surface area contributed by atoms with E-state index >= 15 is 0 Å². The van der Waals surface area contributed by atoms with E-state index in [9.17, 15) is 0 Å². The topological polar surface area (TPSA) is 63.0 Å². The number of anilines is 1. The lowest BCUT2D eigenvalue weighted by Crippen LogP contribution is -2.34. The van der Waals surface area contributed by atoms with Crippen molar-refractivity contribution in [2.45, 2.75) is 6.92 Å². The number of aryl methyl sites for hydroxylation is 1. The first-order valence-electron chi connectivity index (χ1n) is 3.43. The molecule has 1 aromatic heterocycles. The van der Waals surface area contributed by atoms with Crippen LogP contribution in [0, 0.1) is 6.92 Å². The molecule has 1 heterocycles. The monoisotopic (exact) mass is 182 g/mol. The van der Waals surface area contributed by atoms with E-state index in [1.165, 1.54) is 0 Å². The predicted octanol–water partition coefficient (Wildman–Crippen LogP) is 0.550. The molecule has 0 bridgehead atoms. The van der Waals surface area contributed by atoms with Crippen LogP contribution in [0.25, 0.3) is 0 Å². The van der Waals surface area contributed by atoms with Crippen LogP contribution in [0.1, 0.15) is 5.69 Å². The number of nitrogens with two attached hydrogens (primary N) is 1. The molecule has 5 heteroatoms. The molecule has 1 aromatic rings. The summed E-state index contributed by atoms with van der Waals surface area (Å²) in [6, 6.07) is 5.62. The van der Waals surface area contributed by atoms with Crippen LogP contribution in [-0.2, 0) is 0 Å². The van der Waals surface area contributed by atoms with Crippen LogP contribution < -0.4 is 16.6 Å². The van der Waals surface area contributed by atoms with Crippen LogP contribution in [0.4, 0.5) is 5.82 Å². The van der Waals surface area contributed by atoms with E-state index in [1.54, 1.807) is 0 Å². The maximum atomic E-state index is 5.08. The van der Waals surface area contributed by atoms with Crippen molar-refractivity contribution in [1.82, 2.24) is 10.4 Å². The van der Waals surface area contributed by atoms with Crippen LogP contribution >= 0.6 is 12.2 Å². The lowest BCUT2D eigenvalue weighted by Gasteiger charge is -2.05. The summed E-state index contributed by atoms with van der Waals surface area (Å²) in [6.07, 6.45) is 0. The normalized spacial score (nSPS) is 9.17. The van der Waals surface area contributed by atoms with Crippen molar-refractivity contribution in [2.24, 2.45) is 5.84 Å². The number of aromatic nitrogens is 1. The largest absolute Gasteiger partial charge is 0.316 e. The fourth-order valence-electron chi connectivity index (χ4n) is 0.765. The van der Waals surface area contributed by atoms with Crippen molar-refractivity contribution in [1.29, 1.82) is 0 Å². The van der Waals surface area contributed by atoms with Gasteiger partial charge < -0.3 is 10.7 Å². The van der Waals surface area contributed by atoms with Crippen LogP contribution in [0.5, 0.6) is 0 Å². The number of nitrogens with one attached hydrogen (secondary N) is 2. The first-order valence-corrected chi connectivity index (χ1v) is 3.84. The van der Waals surface area contributed by atoms with Gasteiger partial charge in [-0.25, -0.2) is 10.8 Å². The summed E-state index contributed by atoms with van der Waals surface area (Å²) in [5.74, 6) is 5.77. The number of thiocarbonyl (C=S) groups is 1. The molecule has 64 valence electrons. The van der Waals surface area contributed by atoms with Gasteiger partial charge in [0, 0.05) is 5.69 Å². The Hall–Kier alpha value is -1.20. The summed E-state index contributed by atoms with van der Waals surface area (Å²) in [4.78, 5) is 4.17. The van der Waals surface area contributed by atoms with Gasteiger partial charge in [0.2, 0.25) is 0 Å². The highest BCUT2D eigenvalue weighted by atomic mass is 32.1. The van der Waals surface area contributed by atoms with Gasteiger partial charge in [0.25, 0.3) is 0 Å². The molecule has 0 unspecified atom stereocenters. The molecule has 0 saturated carbocycles. The Kier molecular flexibility index (Phi) is 2.95. The second kappa shape index (κ2) is 3.99. The average molecular weight is 182 g/mol. The Balaban J connectivity index is 2.69. The first-order chi connectivity index (χ1) is 5.72. The highest BCUT2D eigenvalue weighted by molar-refractivity contribution is 7.80. The Morgan fingerprint density at radius 2 is 2.33 bits per heavy atom. The van der Waals surface area contributed by atoms with Crippen LogP contribution in [0.15, 0.2) is 18.2 Å². The standard InChI is InChI=1S/C7H10N4S/c1-5-3-2-4-6(9-5)10-7(12)11-8/h2-4H,8H2,1H3,(H2,9,10,11,12). The molecule has 0 aliphatic rings. The van der Waals surface area contributed by atoms with E-state index in [2.05, 4.69) is 15.7 Å².